The number of rotatable bonds is 4. The standard InChI is InChI=1S/C10H7BrClF3OS/c11-9-2-1-8(17-10(13,14)15)4-6(9)3-7(16)5-12/h1-2,4H,3,5H2. The van der Waals surface area contributed by atoms with Gasteiger partial charge in [-0.2, -0.15) is 13.2 Å². The first-order valence-electron chi connectivity index (χ1n) is 4.43. The molecule has 0 aliphatic rings. The van der Waals surface area contributed by atoms with Crippen LogP contribution in [0.1, 0.15) is 5.56 Å². The summed E-state index contributed by atoms with van der Waals surface area (Å²) in [6, 6.07) is 4.18. The Hall–Kier alpha value is -0.200. The van der Waals surface area contributed by atoms with Crippen molar-refractivity contribution < 1.29 is 18.0 Å². The van der Waals surface area contributed by atoms with E-state index in [0.717, 1.165) is 0 Å². The number of carbonyl (C=O) groups is 1. The van der Waals surface area contributed by atoms with Crippen LogP contribution in [0.4, 0.5) is 13.2 Å². The molecule has 17 heavy (non-hydrogen) atoms. The minimum atomic E-state index is -4.33. The Labute approximate surface area is 114 Å². The highest BCUT2D eigenvalue weighted by Crippen LogP contribution is 2.38. The first kappa shape index (κ1) is 14.9. The third-order valence-corrected chi connectivity index (χ3v) is 3.58. The van der Waals surface area contributed by atoms with E-state index in [-0.39, 0.29) is 34.7 Å². The van der Waals surface area contributed by atoms with Gasteiger partial charge < -0.3 is 0 Å². The maximum absolute atomic E-state index is 12.2. The number of ketones is 1. The van der Waals surface area contributed by atoms with Crippen LogP contribution in [-0.2, 0) is 11.2 Å². The van der Waals surface area contributed by atoms with Crippen LogP contribution in [0.2, 0.25) is 0 Å². The Morgan fingerprint density at radius 2 is 2.06 bits per heavy atom. The number of thioether (sulfide) groups is 1. The summed E-state index contributed by atoms with van der Waals surface area (Å²) >= 11 is 8.33. The topological polar surface area (TPSA) is 17.1 Å². The van der Waals surface area contributed by atoms with Gasteiger partial charge in [0.05, 0.1) is 5.88 Å². The van der Waals surface area contributed by atoms with E-state index in [2.05, 4.69) is 15.9 Å². The molecule has 0 amide bonds. The van der Waals surface area contributed by atoms with Gasteiger partial charge in [0.25, 0.3) is 0 Å². The molecule has 1 aromatic rings. The molecule has 0 bridgehead atoms. The highest BCUT2D eigenvalue weighted by molar-refractivity contribution is 9.10. The second kappa shape index (κ2) is 6.11. The van der Waals surface area contributed by atoms with E-state index >= 15 is 0 Å². The number of hydrogen-bond acceptors (Lipinski definition) is 2. The van der Waals surface area contributed by atoms with Crippen LogP contribution < -0.4 is 0 Å². The molecular weight excluding hydrogens is 341 g/mol. The summed E-state index contributed by atoms with van der Waals surface area (Å²) in [4.78, 5) is 11.2. The first-order chi connectivity index (χ1) is 7.81. The molecule has 0 radical (unpaired) electrons. The number of carbonyl (C=O) groups excluding carboxylic acids is 1. The average molecular weight is 348 g/mol. The molecule has 94 valence electrons. The molecule has 0 aromatic heterocycles. The first-order valence-corrected chi connectivity index (χ1v) is 6.58. The lowest BCUT2D eigenvalue weighted by Gasteiger charge is -2.08. The molecule has 0 heterocycles. The van der Waals surface area contributed by atoms with E-state index in [9.17, 15) is 18.0 Å². The fourth-order valence-corrected chi connectivity index (χ4v) is 2.23. The molecular formula is C10H7BrClF3OS. The Morgan fingerprint density at radius 3 is 2.59 bits per heavy atom. The molecule has 0 saturated heterocycles. The van der Waals surface area contributed by atoms with Gasteiger partial charge in [-0.25, -0.2) is 0 Å². The summed E-state index contributed by atoms with van der Waals surface area (Å²) in [6.45, 7) is 0. The number of hydrogen-bond donors (Lipinski definition) is 0. The Bertz CT molecular complexity index is 423. The third-order valence-electron chi connectivity index (χ3n) is 1.79. The summed E-state index contributed by atoms with van der Waals surface area (Å²) in [5.74, 6) is -0.384. The smallest absolute Gasteiger partial charge is 0.298 e. The quantitative estimate of drug-likeness (QED) is 0.593. The Morgan fingerprint density at radius 1 is 1.41 bits per heavy atom. The van der Waals surface area contributed by atoms with Gasteiger partial charge in [0.1, 0.15) is 0 Å². The van der Waals surface area contributed by atoms with Crippen LogP contribution in [0.5, 0.6) is 0 Å². The van der Waals surface area contributed by atoms with Crippen molar-refractivity contribution in [2.45, 2.75) is 16.8 Å². The maximum atomic E-state index is 12.2. The summed E-state index contributed by atoms with van der Waals surface area (Å²) in [6.07, 6.45) is 0.0241. The molecule has 1 aromatic carbocycles. The average Bonchev–Trinajstić information content (AvgIpc) is 2.20. The summed E-state index contributed by atoms with van der Waals surface area (Å²) in [5.41, 5.74) is -3.83. The summed E-state index contributed by atoms with van der Waals surface area (Å²) in [5, 5.41) is 0. The van der Waals surface area contributed by atoms with Crippen LogP contribution in [-0.4, -0.2) is 17.2 Å². The van der Waals surface area contributed by atoms with Gasteiger partial charge in [0.15, 0.2) is 5.78 Å². The Balaban J connectivity index is 2.90. The van der Waals surface area contributed by atoms with Gasteiger partial charge >= 0.3 is 5.51 Å². The number of halogens is 5. The minimum Gasteiger partial charge on any atom is -0.298 e. The van der Waals surface area contributed by atoms with Crippen molar-refractivity contribution in [3.05, 3.63) is 28.2 Å². The van der Waals surface area contributed by atoms with E-state index in [1.807, 2.05) is 0 Å². The molecule has 1 rings (SSSR count). The van der Waals surface area contributed by atoms with Crippen molar-refractivity contribution in [3.8, 4) is 0 Å². The fourth-order valence-electron chi connectivity index (χ4n) is 1.14. The predicted molar refractivity (Wildman–Crippen MR) is 65.5 cm³/mol. The second-order valence-electron chi connectivity index (χ2n) is 3.15. The molecule has 0 aliphatic heterocycles. The Kier molecular flexibility index (Phi) is 5.34. The number of benzene rings is 1. The maximum Gasteiger partial charge on any atom is 0.446 e. The van der Waals surface area contributed by atoms with Gasteiger partial charge in [-0.05, 0) is 35.5 Å². The number of Topliss-reactive ketones (excluding diaryl/α,β-unsaturated/α-hetero) is 1. The molecule has 0 spiro atoms. The van der Waals surface area contributed by atoms with E-state index in [4.69, 9.17) is 11.6 Å². The van der Waals surface area contributed by atoms with Crippen molar-refractivity contribution in [1.29, 1.82) is 0 Å². The SMILES string of the molecule is O=C(CCl)Cc1cc(SC(F)(F)F)ccc1Br. The lowest BCUT2D eigenvalue weighted by atomic mass is 10.1. The van der Waals surface area contributed by atoms with Crippen molar-refractivity contribution >= 4 is 45.1 Å². The second-order valence-corrected chi connectivity index (χ2v) is 5.41. The molecule has 7 heteroatoms. The molecule has 0 atom stereocenters. The highest BCUT2D eigenvalue weighted by atomic mass is 79.9. The number of alkyl halides is 4. The van der Waals surface area contributed by atoms with Gasteiger partial charge in [0, 0.05) is 15.8 Å². The van der Waals surface area contributed by atoms with Gasteiger partial charge in [-0.3, -0.25) is 4.79 Å². The lowest BCUT2D eigenvalue weighted by Crippen LogP contribution is -2.05. The normalized spacial score (nSPS) is 11.6. The van der Waals surface area contributed by atoms with Gasteiger partial charge in [0.2, 0.25) is 0 Å². The van der Waals surface area contributed by atoms with Crippen molar-refractivity contribution in [2.24, 2.45) is 0 Å². The summed E-state index contributed by atoms with van der Waals surface area (Å²) < 4.78 is 37.1. The molecule has 0 fully saturated rings. The lowest BCUT2D eigenvalue weighted by molar-refractivity contribution is -0.116. The molecule has 0 unspecified atom stereocenters. The minimum absolute atomic E-state index is 0.0241. The van der Waals surface area contributed by atoms with Crippen molar-refractivity contribution in [1.82, 2.24) is 0 Å². The molecule has 0 aliphatic carbocycles. The molecule has 1 nitrogen and oxygen atoms in total. The predicted octanol–water partition coefficient (Wildman–Crippen LogP) is 4.41. The fraction of sp³-hybridized carbons (Fsp3) is 0.300. The summed E-state index contributed by atoms with van der Waals surface area (Å²) in [7, 11) is 0. The van der Waals surface area contributed by atoms with Crippen molar-refractivity contribution in [2.75, 3.05) is 5.88 Å². The zero-order valence-corrected chi connectivity index (χ0v) is 11.5. The van der Waals surface area contributed by atoms with Gasteiger partial charge in [-0.1, -0.05) is 15.9 Å². The van der Waals surface area contributed by atoms with E-state index < -0.39 is 5.51 Å². The van der Waals surface area contributed by atoms with Crippen LogP contribution in [0.3, 0.4) is 0 Å². The zero-order chi connectivity index (χ0) is 13.1. The van der Waals surface area contributed by atoms with Crippen LogP contribution in [0.15, 0.2) is 27.6 Å². The van der Waals surface area contributed by atoms with Gasteiger partial charge in [-0.15, -0.1) is 11.6 Å². The van der Waals surface area contributed by atoms with E-state index in [1.54, 1.807) is 0 Å². The van der Waals surface area contributed by atoms with Crippen LogP contribution >= 0.6 is 39.3 Å². The van der Waals surface area contributed by atoms with E-state index in [1.165, 1.54) is 18.2 Å². The third kappa shape index (κ3) is 5.31. The monoisotopic (exact) mass is 346 g/mol. The highest BCUT2D eigenvalue weighted by Gasteiger charge is 2.29. The molecule has 0 N–H and O–H groups in total. The van der Waals surface area contributed by atoms with E-state index in [0.29, 0.717) is 10.0 Å². The van der Waals surface area contributed by atoms with Crippen LogP contribution in [0, 0.1) is 0 Å². The van der Waals surface area contributed by atoms with Crippen LogP contribution in [0.25, 0.3) is 0 Å². The molecule has 0 saturated carbocycles. The van der Waals surface area contributed by atoms with Crippen molar-refractivity contribution in [3.63, 3.8) is 0 Å². The zero-order valence-electron chi connectivity index (χ0n) is 8.35. The largest absolute Gasteiger partial charge is 0.446 e.